The maximum absolute atomic E-state index is 13.0. The van der Waals surface area contributed by atoms with Crippen molar-refractivity contribution in [2.24, 2.45) is 0 Å². The summed E-state index contributed by atoms with van der Waals surface area (Å²) in [6, 6.07) is 2.56. The topological polar surface area (TPSA) is 70.2 Å². The first-order valence-corrected chi connectivity index (χ1v) is 6.32. The van der Waals surface area contributed by atoms with Gasteiger partial charge >= 0.3 is 12.2 Å². The summed E-state index contributed by atoms with van der Waals surface area (Å²) in [4.78, 5) is 22.4. The number of benzene rings is 1. The first kappa shape index (κ1) is 15.1. The molecule has 1 aromatic carbocycles. The van der Waals surface area contributed by atoms with Crippen molar-refractivity contribution in [3.8, 4) is 0 Å². The van der Waals surface area contributed by atoms with Crippen LogP contribution in [0.15, 0.2) is 18.2 Å². The summed E-state index contributed by atoms with van der Waals surface area (Å²) in [5.41, 5.74) is -1.35. The summed E-state index contributed by atoms with van der Waals surface area (Å²) in [5.74, 6) is -0.477. The highest BCUT2D eigenvalue weighted by molar-refractivity contribution is 5.92. The molecule has 0 spiro atoms. The van der Waals surface area contributed by atoms with Gasteiger partial charge in [0.2, 0.25) is 5.91 Å². The van der Waals surface area contributed by atoms with Crippen LogP contribution in [0.5, 0.6) is 0 Å². The zero-order valence-corrected chi connectivity index (χ0v) is 11.2. The first-order chi connectivity index (χ1) is 9.75. The molecular formula is C13H14F3N3O2. The minimum Gasteiger partial charge on any atom is -0.335 e. The van der Waals surface area contributed by atoms with Crippen LogP contribution in [0.3, 0.4) is 0 Å². The van der Waals surface area contributed by atoms with E-state index in [1.807, 2.05) is 0 Å². The Labute approximate surface area is 118 Å². The number of amides is 3. The molecule has 1 saturated carbocycles. The Kier molecular flexibility index (Phi) is 4.06. The summed E-state index contributed by atoms with van der Waals surface area (Å²) in [6.45, 7) is 1.20. The molecule has 5 nitrogen and oxygen atoms in total. The zero-order valence-electron chi connectivity index (χ0n) is 11.2. The van der Waals surface area contributed by atoms with Gasteiger partial charge in [-0.2, -0.15) is 13.2 Å². The van der Waals surface area contributed by atoms with Crippen LogP contribution < -0.4 is 16.0 Å². The van der Waals surface area contributed by atoms with Crippen molar-refractivity contribution in [3.63, 3.8) is 0 Å². The monoisotopic (exact) mass is 301 g/mol. The third-order valence-electron chi connectivity index (χ3n) is 2.81. The predicted octanol–water partition coefficient (Wildman–Crippen LogP) is 2.95. The van der Waals surface area contributed by atoms with Gasteiger partial charge in [-0.3, -0.25) is 4.79 Å². The van der Waals surface area contributed by atoms with Gasteiger partial charge < -0.3 is 16.0 Å². The van der Waals surface area contributed by atoms with Gasteiger partial charge in [0.05, 0.1) is 11.3 Å². The fraction of sp³-hybridized carbons (Fsp3) is 0.385. The maximum Gasteiger partial charge on any atom is 0.418 e. The first-order valence-electron chi connectivity index (χ1n) is 6.32. The van der Waals surface area contributed by atoms with Gasteiger partial charge in [-0.1, -0.05) is 0 Å². The number of anilines is 2. The van der Waals surface area contributed by atoms with Crippen molar-refractivity contribution < 1.29 is 22.8 Å². The minimum atomic E-state index is -4.64. The van der Waals surface area contributed by atoms with Gasteiger partial charge in [0.1, 0.15) is 0 Å². The number of nitrogens with one attached hydrogen (secondary N) is 3. The molecule has 0 unspecified atom stereocenters. The Hall–Kier alpha value is -2.25. The van der Waals surface area contributed by atoms with E-state index in [0.717, 1.165) is 25.0 Å². The SMILES string of the molecule is CC(=O)Nc1ccc(NC(=O)NC2CC2)c(C(F)(F)F)c1. The lowest BCUT2D eigenvalue weighted by atomic mass is 10.1. The van der Waals surface area contributed by atoms with E-state index >= 15 is 0 Å². The highest BCUT2D eigenvalue weighted by Gasteiger charge is 2.34. The number of alkyl halides is 3. The van der Waals surface area contributed by atoms with Crippen LogP contribution >= 0.6 is 0 Å². The molecule has 0 bridgehead atoms. The van der Waals surface area contributed by atoms with Crippen LogP contribution in [-0.4, -0.2) is 18.0 Å². The van der Waals surface area contributed by atoms with E-state index in [4.69, 9.17) is 0 Å². The van der Waals surface area contributed by atoms with Crippen LogP contribution in [-0.2, 0) is 11.0 Å². The van der Waals surface area contributed by atoms with Crippen molar-refractivity contribution in [1.29, 1.82) is 0 Å². The molecule has 1 aliphatic carbocycles. The number of carbonyl (C=O) groups excluding carboxylic acids is 2. The van der Waals surface area contributed by atoms with Gasteiger partial charge in [-0.05, 0) is 31.0 Å². The van der Waals surface area contributed by atoms with E-state index in [1.165, 1.54) is 13.0 Å². The highest BCUT2D eigenvalue weighted by atomic mass is 19.4. The zero-order chi connectivity index (χ0) is 15.6. The Morgan fingerprint density at radius 1 is 1.19 bits per heavy atom. The number of hydrogen-bond donors (Lipinski definition) is 3. The predicted molar refractivity (Wildman–Crippen MR) is 70.9 cm³/mol. The number of hydrogen-bond acceptors (Lipinski definition) is 2. The van der Waals surface area contributed by atoms with Crippen molar-refractivity contribution in [2.75, 3.05) is 10.6 Å². The fourth-order valence-corrected chi connectivity index (χ4v) is 1.74. The lowest BCUT2D eigenvalue weighted by molar-refractivity contribution is -0.137. The van der Waals surface area contributed by atoms with E-state index in [-0.39, 0.29) is 17.4 Å². The van der Waals surface area contributed by atoms with Crippen LogP contribution in [0.1, 0.15) is 25.3 Å². The van der Waals surface area contributed by atoms with Crippen molar-refractivity contribution in [3.05, 3.63) is 23.8 Å². The van der Waals surface area contributed by atoms with Gasteiger partial charge in [-0.25, -0.2) is 4.79 Å². The summed E-state index contributed by atoms with van der Waals surface area (Å²) in [7, 11) is 0. The summed E-state index contributed by atoms with van der Waals surface area (Å²) in [6.07, 6.45) is -2.97. The molecule has 2 rings (SSSR count). The van der Waals surface area contributed by atoms with Gasteiger partial charge in [0.15, 0.2) is 0 Å². The molecule has 0 aromatic heterocycles. The number of rotatable bonds is 3. The fourth-order valence-electron chi connectivity index (χ4n) is 1.74. The van der Waals surface area contributed by atoms with E-state index < -0.39 is 23.7 Å². The molecule has 0 saturated heterocycles. The van der Waals surface area contributed by atoms with Gasteiger partial charge in [0, 0.05) is 18.7 Å². The molecular weight excluding hydrogens is 287 g/mol. The number of carbonyl (C=O) groups is 2. The van der Waals surface area contributed by atoms with Crippen LogP contribution in [0.4, 0.5) is 29.3 Å². The smallest absolute Gasteiger partial charge is 0.335 e. The lowest BCUT2D eigenvalue weighted by Gasteiger charge is -2.15. The van der Waals surface area contributed by atoms with Gasteiger partial charge in [-0.15, -0.1) is 0 Å². The molecule has 21 heavy (non-hydrogen) atoms. The normalized spacial score (nSPS) is 14.5. The molecule has 0 aliphatic heterocycles. The highest BCUT2D eigenvalue weighted by Crippen LogP contribution is 2.36. The average molecular weight is 301 g/mol. The Morgan fingerprint density at radius 3 is 2.38 bits per heavy atom. The molecule has 3 amide bonds. The van der Waals surface area contributed by atoms with E-state index in [2.05, 4.69) is 16.0 Å². The standard InChI is InChI=1S/C13H14F3N3O2/c1-7(20)17-9-4-5-11(10(6-9)13(14,15)16)19-12(21)18-8-2-3-8/h4-6,8H,2-3H2,1H3,(H,17,20)(H2,18,19,21). The van der Waals surface area contributed by atoms with E-state index in [0.29, 0.717) is 0 Å². The Balaban J connectivity index is 2.21. The Bertz CT molecular complexity index is 568. The average Bonchev–Trinajstić information content (AvgIpc) is 3.12. The molecule has 0 heterocycles. The minimum absolute atomic E-state index is 0.0166. The second-order valence-corrected chi connectivity index (χ2v) is 4.81. The third-order valence-corrected chi connectivity index (χ3v) is 2.81. The molecule has 1 aromatic rings. The number of halogens is 3. The molecule has 0 radical (unpaired) electrons. The summed E-state index contributed by atoms with van der Waals surface area (Å²) < 4.78 is 39.0. The van der Waals surface area contributed by atoms with Crippen LogP contribution in [0, 0.1) is 0 Å². The van der Waals surface area contributed by atoms with Crippen LogP contribution in [0.2, 0.25) is 0 Å². The van der Waals surface area contributed by atoms with Crippen molar-refractivity contribution in [1.82, 2.24) is 5.32 Å². The maximum atomic E-state index is 13.0. The Morgan fingerprint density at radius 2 is 1.86 bits per heavy atom. The van der Waals surface area contributed by atoms with Crippen molar-refractivity contribution in [2.45, 2.75) is 32.0 Å². The largest absolute Gasteiger partial charge is 0.418 e. The molecule has 3 N–H and O–H groups in total. The molecule has 114 valence electrons. The van der Waals surface area contributed by atoms with Crippen molar-refractivity contribution >= 4 is 23.3 Å². The second-order valence-electron chi connectivity index (χ2n) is 4.81. The second kappa shape index (κ2) is 5.63. The molecule has 8 heteroatoms. The quantitative estimate of drug-likeness (QED) is 0.803. The van der Waals surface area contributed by atoms with Crippen LogP contribution in [0.25, 0.3) is 0 Å². The molecule has 0 atom stereocenters. The van der Waals surface area contributed by atoms with E-state index in [1.54, 1.807) is 0 Å². The summed E-state index contributed by atoms with van der Waals surface area (Å²) >= 11 is 0. The molecule has 1 fully saturated rings. The van der Waals surface area contributed by atoms with E-state index in [9.17, 15) is 22.8 Å². The molecule has 1 aliphatic rings. The van der Waals surface area contributed by atoms with Gasteiger partial charge in [0.25, 0.3) is 0 Å². The third kappa shape index (κ3) is 4.37. The summed E-state index contributed by atoms with van der Waals surface area (Å²) in [5, 5.41) is 7.00. The lowest BCUT2D eigenvalue weighted by Crippen LogP contribution is -2.31. The number of urea groups is 1.